The highest BCUT2D eigenvalue weighted by Crippen LogP contribution is 2.28. The summed E-state index contributed by atoms with van der Waals surface area (Å²) in [5.41, 5.74) is 7.20. The molecule has 0 aliphatic carbocycles. The lowest BCUT2D eigenvalue weighted by Gasteiger charge is -2.12. The molecule has 2 aromatic carbocycles. The van der Waals surface area contributed by atoms with Crippen molar-refractivity contribution in [2.24, 2.45) is 5.10 Å². The summed E-state index contributed by atoms with van der Waals surface area (Å²) >= 11 is 0. The van der Waals surface area contributed by atoms with E-state index in [2.05, 4.69) is 46.8 Å². The van der Waals surface area contributed by atoms with Gasteiger partial charge in [0.1, 0.15) is 5.82 Å². The van der Waals surface area contributed by atoms with E-state index in [1.54, 1.807) is 20.4 Å². The number of hydrazone groups is 1. The zero-order valence-electron chi connectivity index (χ0n) is 19.7. The number of nitrogens with zero attached hydrogens (tertiary/aromatic N) is 2. The van der Waals surface area contributed by atoms with Crippen molar-refractivity contribution in [3.05, 3.63) is 71.3 Å². The quantitative estimate of drug-likeness (QED) is 0.289. The fraction of sp³-hybridized carbons (Fsp3) is 0.308. The van der Waals surface area contributed by atoms with E-state index in [9.17, 15) is 0 Å². The standard InChI is InChI=1S/C26H32N4O3/c1-5-12-27-25-16-22(30-28-18-21-8-6-7-19(2)14-21)17-26(29-25)33-13-11-20-9-10-23(31-3)24(15-20)32-4/h6-10,14-18H,5,11-13H2,1-4H3,(H2,27,29,30)/b28-18+. The maximum absolute atomic E-state index is 5.97. The third-order valence-electron chi connectivity index (χ3n) is 4.90. The summed E-state index contributed by atoms with van der Waals surface area (Å²) in [6, 6.07) is 17.8. The third-order valence-corrected chi connectivity index (χ3v) is 4.90. The molecule has 1 heterocycles. The molecule has 33 heavy (non-hydrogen) atoms. The smallest absolute Gasteiger partial charge is 0.217 e. The van der Waals surface area contributed by atoms with Gasteiger partial charge in [-0.25, -0.2) is 0 Å². The summed E-state index contributed by atoms with van der Waals surface area (Å²) in [6.07, 6.45) is 3.51. The Hall–Kier alpha value is -3.74. The first-order valence-electron chi connectivity index (χ1n) is 11.1. The molecule has 0 aliphatic rings. The maximum Gasteiger partial charge on any atom is 0.217 e. The highest BCUT2D eigenvalue weighted by Gasteiger charge is 2.07. The Morgan fingerprint density at radius 2 is 1.85 bits per heavy atom. The van der Waals surface area contributed by atoms with E-state index in [0.717, 1.165) is 35.6 Å². The molecule has 2 N–H and O–H groups in total. The second kappa shape index (κ2) is 12.3. The van der Waals surface area contributed by atoms with Gasteiger partial charge in [-0.1, -0.05) is 42.8 Å². The van der Waals surface area contributed by atoms with Gasteiger partial charge in [-0.3, -0.25) is 5.43 Å². The number of nitrogens with one attached hydrogen (secondary N) is 2. The molecule has 0 fully saturated rings. The minimum Gasteiger partial charge on any atom is -0.493 e. The van der Waals surface area contributed by atoms with Crippen LogP contribution in [0, 0.1) is 6.92 Å². The van der Waals surface area contributed by atoms with Crippen LogP contribution in [0.15, 0.2) is 59.7 Å². The Balaban J connectivity index is 1.66. The monoisotopic (exact) mass is 448 g/mol. The number of methoxy groups -OCH3 is 2. The van der Waals surface area contributed by atoms with E-state index in [4.69, 9.17) is 14.2 Å². The van der Waals surface area contributed by atoms with Crippen LogP contribution in [0.1, 0.15) is 30.0 Å². The molecule has 174 valence electrons. The highest BCUT2D eigenvalue weighted by molar-refractivity contribution is 5.80. The van der Waals surface area contributed by atoms with Gasteiger partial charge >= 0.3 is 0 Å². The Morgan fingerprint density at radius 1 is 1.00 bits per heavy atom. The zero-order chi connectivity index (χ0) is 23.5. The summed E-state index contributed by atoms with van der Waals surface area (Å²) in [5.74, 6) is 2.69. The van der Waals surface area contributed by atoms with Crippen LogP contribution in [0.3, 0.4) is 0 Å². The summed E-state index contributed by atoms with van der Waals surface area (Å²) in [6.45, 7) is 5.48. The Labute approximate surface area is 195 Å². The fourth-order valence-electron chi connectivity index (χ4n) is 3.23. The predicted molar refractivity (Wildman–Crippen MR) is 134 cm³/mol. The van der Waals surface area contributed by atoms with E-state index in [-0.39, 0.29) is 0 Å². The Morgan fingerprint density at radius 3 is 2.61 bits per heavy atom. The molecule has 0 atom stereocenters. The van der Waals surface area contributed by atoms with E-state index in [1.165, 1.54) is 5.56 Å². The van der Waals surface area contributed by atoms with Gasteiger partial charge in [-0.15, -0.1) is 0 Å². The molecular formula is C26H32N4O3. The Kier molecular flexibility index (Phi) is 8.94. The number of aromatic nitrogens is 1. The van der Waals surface area contributed by atoms with Crippen molar-refractivity contribution in [2.75, 3.05) is 38.1 Å². The number of hydrogen-bond donors (Lipinski definition) is 2. The molecule has 0 spiro atoms. The van der Waals surface area contributed by atoms with Crippen molar-refractivity contribution in [3.63, 3.8) is 0 Å². The average Bonchev–Trinajstić information content (AvgIpc) is 2.82. The van der Waals surface area contributed by atoms with E-state index in [1.807, 2.05) is 42.5 Å². The predicted octanol–water partition coefficient (Wildman–Crippen LogP) is 5.30. The first-order valence-corrected chi connectivity index (χ1v) is 11.1. The molecule has 0 unspecified atom stereocenters. The fourth-order valence-corrected chi connectivity index (χ4v) is 3.23. The minimum atomic E-state index is 0.478. The SMILES string of the molecule is CCCNc1cc(N/N=C/c2cccc(C)c2)cc(OCCc2ccc(OC)c(OC)c2)n1. The molecule has 0 bridgehead atoms. The number of ether oxygens (including phenoxy) is 3. The van der Waals surface area contributed by atoms with Gasteiger partial charge in [0.05, 0.1) is 32.7 Å². The van der Waals surface area contributed by atoms with Gasteiger partial charge in [0.15, 0.2) is 11.5 Å². The van der Waals surface area contributed by atoms with Crippen molar-refractivity contribution in [3.8, 4) is 17.4 Å². The maximum atomic E-state index is 5.97. The van der Waals surface area contributed by atoms with Crippen molar-refractivity contribution in [2.45, 2.75) is 26.7 Å². The lowest BCUT2D eigenvalue weighted by molar-refractivity contribution is 0.309. The van der Waals surface area contributed by atoms with Crippen LogP contribution in [0.5, 0.6) is 17.4 Å². The van der Waals surface area contributed by atoms with Crippen LogP contribution in [-0.2, 0) is 6.42 Å². The number of rotatable bonds is 12. The summed E-state index contributed by atoms with van der Waals surface area (Å²) < 4.78 is 16.6. The van der Waals surface area contributed by atoms with E-state index >= 15 is 0 Å². The van der Waals surface area contributed by atoms with Crippen LogP contribution in [-0.4, -0.2) is 38.6 Å². The second-order valence-electron chi connectivity index (χ2n) is 7.58. The van der Waals surface area contributed by atoms with Gasteiger partial charge in [0, 0.05) is 25.1 Å². The molecule has 0 aliphatic heterocycles. The summed E-state index contributed by atoms with van der Waals surface area (Å²) in [5, 5.41) is 7.68. The van der Waals surface area contributed by atoms with Crippen molar-refractivity contribution in [1.29, 1.82) is 0 Å². The molecule has 7 nitrogen and oxygen atoms in total. The summed E-state index contributed by atoms with van der Waals surface area (Å²) in [4.78, 5) is 4.57. The Bertz CT molecular complexity index is 1070. The second-order valence-corrected chi connectivity index (χ2v) is 7.58. The van der Waals surface area contributed by atoms with Gasteiger partial charge in [-0.05, 0) is 36.6 Å². The molecule has 3 rings (SSSR count). The van der Waals surface area contributed by atoms with Gasteiger partial charge in [0.2, 0.25) is 5.88 Å². The lowest BCUT2D eigenvalue weighted by Crippen LogP contribution is -2.07. The topological polar surface area (TPSA) is 77.0 Å². The van der Waals surface area contributed by atoms with Crippen molar-refractivity contribution >= 4 is 17.7 Å². The van der Waals surface area contributed by atoms with Crippen LogP contribution in [0.25, 0.3) is 0 Å². The van der Waals surface area contributed by atoms with Gasteiger partial charge < -0.3 is 19.5 Å². The molecule has 0 amide bonds. The van der Waals surface area contributed by atoms with E-state index in [0.29, 0.717) is 30.4 Å². The molecule has 3 aromatic rings. The van der Waals surface area contributed by atoms with Crippen LogP contribution < -0.4 is 25.0 Å². The average molecular weight is 449 g/mol. The molecule has 7 heteroatoms. The summed E-state index contributed by atoms with van der Waals surface area (Å²) in [7, 11) is 3.26. The molecule has 0 saturated heterocycles. The first kappa shape index (κ1) is 23.9. The minimum absolute atomic E-state index is 0.478. The number of anilines is 2. The third kappa shape index (κ3) is 7.42. The molecule has 0 radical (unpaired) electrons. The largest absolute Gasteiger partial charge is 0.493 e. The first-order chi connectivity index (χ1) is 16.1. The van der Waals surface area contributed by atoms with Crippen molar-refractivity contribution in [1.82, 2.24) is 4.98 Å². The molecular weight excluding hydrogens is 416 g/mol. The van der Waals surface area contributed by atoms with E-state index < -0.39 is 0 Å². The number of pyridine rings is 1. The normalized spacial score (nSPS) is 10.8. The number of benzene rings is 2. The van der Waals surface area contributed by atoms with Crippen LogP contribution >= 0.6 is 0 Å². The number of aryl methyl sites for hydroxylation is 1. The van der Waals surface area contributed by atoms with Crippen LogP contribution in [0.4, 0.5) is 11.5 Å². The number of hydrogen-bond acceptors (Lipinski definition) is 7. The molecule has 0 saturated carbocycles. The van der Waals surface area contributed by atoms with Gasteiger partial charge in [-0.2, -0.15) is 10.1 Å². The molecule has 1 aromatic heterocycles. The van der Waals surface area contributed by atoms with Crippen LogP contribution in [0.2, 0.25) is 0 Å². The highest BCUT2D eigenvalue weighted by atomic mass is 16.5. The van der Waals surface area contributed by atoms with Gasteiger partial charge in [0.25, 0.3) is 0 Å². The zero-order valence-corrected chi connectivity index (χ0v) is 19.7. The van der Waals surface area contributed by atoms with Crippen molar-refractivity contribution < 1.29 is 14.2 Å². The lowest BCUT2D eigenvalue weighted by atomic mass is 10.1.